The van der Waals surface area contributed by atoms with Crippen LogP contribution in [0.15, 0.2) is 48.8 Å². The number of nitrogens with two attached hydrogens (primary N) is 1. The Morgan fingerprint density at radius 3 is 2.38 bits per heavy atom. The fourth-order valence-electron chi connectivity index (χ4n) is 4.70. The van der Waals surface area contributed by atoms with Gasteiger partial charge in [0, 0.05) is 23.5 Å². The molecular weight excluding hydrogens is 523 g/mol. The van der Waals surface area contributed by atoms with E-state index in [9.17, 15) is 18.8 Å². The van der Waals surface area contributed by atoms with Gasteiger partial charge in [-0.3, -0.25) is 19.0 Å². The number of carbonyl (C=O) groups excluding carboxylic acids is 3. The molecule has 1 aromatic heterocycles. The molecule has 3 aromatic rings. The lowest BCUT2D eigenvalue weighted by Gasteiger charge is -2.37. The van der Waals surface area contributed by atoms with Gasteiger partial charge >= 0.3 is 0 Å². The lowest BCUT2D eigenvalue weighted by Crippen LogP contribution is -2.53. The van der Waals surface area contributed by atoms with E-state index in [-0.39, 0.29) is 22.0 Å². The summed E-state index contributed by atoms with van der Waals surface area (Å²) >= 11 is 5.99. The summed E-state index contributed by atoms with van der Waals surface area (Å²) in [7, 11) is 0. The Hall–Kier alpha value is -3.76. The van der Waals surface area contributed by atoms with Gasteiger partial charge in [0.2, 0.25) is 0 Å². The number of aromatic nitrogens is 2. The van der Waals surface area contributed by atoms with Gasteiger partial charge in [-0.05, 0) is 88.2 Å². The highest BCUT2D eigenvalue weighted by molar-refractivity contribution is 6.34. The van der Waals surface area contributed by atoms with Crippen molar-refractivity contribution in [2.24, 2.45) is 11.7 Å². The molecule has 0 bridgehead atoms. The highest BCUT2D eigenvalue weighted by Gasteiger charge is 2.30. The second-order valence-corrected chi connectivity index (χ2v) is 11.0. The summed E-state index contributed by atoms with van der Waals surface area (Å²) in [4.78, 5) is 44.6. The molecule has 1 fully saturated rings. The van der Waals surface area contributed by atoms with Crippen molar-refractivity contribution in [1.82, 2.24) is 19.8 Å². The number of benzene rings is 2. The molecule has 206 valence electrons. The SMILES string of the molecule is CC1CCN(CC(C)(C)NC(=O)c2c(C(N)=O)ncn2-c2ccc(NC(=O)c3ccc(F)cc3Cl)cc2)CC1. The first-order valence-corrected chi connectivity index (χ1v) is 13.1. The van der Waals surface area contributed by atoms with E-state index in [1.54, 1.807) is 24.3 Å². The summed E-state index contributed by atoms with van der Waals surface area (Å²) in [6.07, 6.45) is 3.60. The first kappa shape index (κ1) is 28.3. The maximum atomic E-state index is 13.5. The number of anilines is 1. The third-order valence-electron chi connectivity index (χ3n) is 6.74. The van der Waals surface area contributed by atoms with Crippen molar-refractivity contribution in [3.05, 3.63) is 76.6 Å². The highest BCUT2D eigenvalue weighted by atomic mass is 35.5. The molecule has 1 aliphatic rings. The van der Waals surface area contributed by atoms with Gasteiger partial charge in [0.1, 0.15) is 17.8 Å². The third kappa shape index (κ3) is 6.82. The van der Waals surface area contributed by atoms with Gasteiger partial charge < -0.3 is 21.3 Å². The van der Waals surface area contributed by atoms with Crippen LogP contribution in [0.1, 0.15) is 64.9 Å². The first-order chi connectivity index (χ1) is 18.4. The summed E-state index contributed by atoms with van der Waals surface area (Å²) in [5, 5.41) is 5.74. The Labute approximate surface area is 231 Å². The number of nitrogens with zero attached hydrogens (tertiary/aromatic N) is 3. The molecule has 3 amide bonds. The average molecular weight is 555 g/mol. The van der Waals surface area contributed by atoms with E-state index >= 15 is 0 Å². The van der Waals surface area contributed by atoms with Gasteiger partial charge in [-0.1, -0.05) is 18.5 Å². The van der Waals surface area contributed by atoms with Crippen LogP contribution in [-0.2, 0) is 0 Å². The van der Waals surface area contributed by atoms with Crippen LogP contribution in [0.2, 0.25) is 5.02 Å². The number of likely N-dealkylation sites (tertiary alicyclic amines) is 1. The molecular formula is C28H32ClFN6O3. The molecule has 39 heavy (non-hydrogen) atoms. The molecule has 4 N–H and O–H groups in total. The lowest BCUT2D eigenvalue weighted by atomic mass is 9.96. The normalized spacial score (nSPS) is 14.7. The lowest BCUT2D eigenvalue weighted by molar-refractivity contribution is 0.0852. The fourth-order valence-corrected chi connectivity index (χ4v) is 4.96. The number of hydrogen-bond donors (Lipinski definition) is 3. The maximum absolute atomic E-state index is 13.5. The number of primary amides is 1. The number of piperidine rings is 1. The third-order valence-corrected chi connectivity index (χ3v) is 7.05. The van der Waals surface area contributed by atoms with Crippen LogP contribution in [0, 0.1) is 11.7 Å². The molecule has 0 spiro atoms. The zero-order chi connectivity index (χ0) is 28.3. The second-order valence-electron chi connectivity index (χ2n) is 10.6. The Morgan fingerprint density at radius 2 is 1.77 bits per heavy atom. The van der Waals surface area contributed by atoms with Crippen molar-refractivity contribution in [1.29, 1.82) is 0 Å². The summed E-state index contributed by atoms with van der Waals surface area (Å²) in [5.74, 6) is -1.63. The van der Waals surface area contributed by atoms with Crippen LogP contribution in [0.3, 0.4) is 0 Å². The van der Waals surface area contributed by atoms with Gasteiger partial charge in [-0.15, -0.1) is 0 Å². The number of rotatable bonds is 8. The highest BCUT2D eigenvalue weighted by Crippen LogP contribution is 2.23. The van der Waals surface area contributed by atoms with Crippen LogP contribution in [0.4, 0.5) is 10.1 Å². The summed E-state index contributed by atoms with van der Waals surface area (Å²) in [6.45, 7) is 8.75. The quantitative estimate of drug-likeness (QED) is 0.384. The van der Waals surface area contributed by atoms with E-state index in [1.165, 1.54) is 17.0 Å². The van der Waals surface area contributed by atoms with Crippen LogP contribution in [0.25, 0.3) is 5.69 Å². The van der Waals surface area contributed by atoms with Crippen molar-refractivity contribution in [2.45, 2.75) is 39.2 Å². The molecule has 0 unspecified atom stereocenters. The monoisotopic (exact) mass is 554 g/mol. The molecule has 4 rings (SSSR count). The summed E-state index contributed by atoms with van der Waals surface area (Å²) in [6, 6.07) is 10.1. The Bertz CT molecular complexity index is 1380. The second kappa shape index (κ2) is 11.5. The van der Waals surface area contributed by atoms with Gasteiger partial charge in [-0.25, -0.2) is 9.37 Å². The molecule has 0 radical (unpaired) electrons. The van der Waals surface area contributed by atoms with Crippen molar-refractivity contribution < 1.29 is 18.8 Å². The number of halogens is 2. The molecule has 9 nitrogen and oxygen atoms in total. The van der Waals surface area contributed by atoms with E-state index in [1.807, 2.05) is 13.8 Å². The predicted molar refractivity (Wildman–Crippen MR) is 148 cm³/mol. The number of hydrogen-bond acceptors (Lipinski definition) is 5. The molecule has 11 heteroatoms. The fraction of sp³-hybridized carbons (Fsp3) is 0.357. The Morgan fingerprint density at radius 1 is 1.10 bits per heavy atom. The Kier molecular flexibility index (Phi) is 8.36. The van der Waals surface area contributed by atoms with Crippen molar-refractivity contribution in [2.75, 3.05) is 25.0 Å². The molecule has 0 saturated carbocycles. The largest absolute Gasteiger partial charge is 0.364 e. The molecule has 1 saturated heterocycles. The first-order valence-electron chi connectivity index (χ1n) is 12.7. The predicted octanol–water partition coefficient (Wildman–Crippen LogP) is 4.26. The minimum atomic E-state index is -0.818. The van der Waals surface area contributed by atoms with E-state index in [2.05, 4.69) is 27.4 Å². The number of imidazole rings is 1. The maximum Gasteiger partial charge on any atom is 0.271 e. The van der Waals surface area contributed by atoms with E-state index in [0.29, 0.717) is 23.8 Å². The molecule has 0 aliphatic carbocycles. The van der Waals surface area contributed by atoms with E-state index in [0.717, 1.165) is 38.1 Å². The van der Waals surface area contributed by atoms with Gasteiger partial charge in [0.25, 0.3) is 17.7 Å². The molecule has 0 atom stereocenters. The number of amides is 3. The minimum Gasteiger partial charge on any atom is -0.364 e. The average Bonchev–Trinajstić information content (AvgIpc) is 3.31. The van der Waals surface area contributed by atoms with Crippen LogP contribution < -0.4 is 16.4 Å². The van der Waals surface area contributed by atoms with Gasteiger partial charge in [-0.2, -0.15) is 0 Å². The van der Waals surface area contributed by atoms with E-state index < -0.39 is 29.1 Å². The Balaban J connectivity index is 1.52. The summed E-state index contributed by atoms with van der Waals surface area (Å²) in [5.41, 5.74) is 5.96. The number of carbonyl (C=O) groups is 3. The smallest absolute Gasteiger partial charge is 0.271 e. The number of nitrogens with one attached hydrogen (secondary N) is 2. The van der Waals surface area contributed by atoms with E-state index in [4.69, 9.17) is 17.3 Å². The topological polar surface area (TPSA) is 122 Å². The molecule has 2 aromatic carbocycles. The van der Waals surface area contributed by atoms with Crippen molar-refractivity contribution in [3.63, 3.8) is 0 Å². The van der Waals surface area contributed by atoms with Crippen molar-refractivity contribution in [3.8, 4) is 5.69 Å². The standard InChI is InChI=1S/C28H32ClFN6O3/c1-17-10-12-35(13-11-17)15-28(2,3)34-27(39)24-23(25(31)37)32-16-36(24)20-7-5-19(6-8-20)33-26(38)21-9-4-18(30)14-22(21)29/h4-9,14,16-17H,10-13,15H2,1-3H3,(H2,31,37)(H,33,38)(H,34,39). The van der Waals surface area contributed by atoms with Crippen LogP contribution >= 0.6 is 11.6 Å². The minimum absolute atomic E-state index is 0.00469. The summed E-state index contributed by atoms with van der Waals surface area (Å²) < 4.78 is 14.8. The zero-order valence-corrected chi connectivity index (χ0v) is 22.9. The molecule has 1 aliphatic heterocycles. The zero-order valence-electron chi connectivity index (χ0n) is 22.1. The van der Waals surface area contributed by atoms with Crippen molar-refractivity contribution >= 4 is 35.0 Å². The molecule has 2 heterocycles. The van der Waals surface area contributed by atoms with Crippen LogP contribution in [0.5, 0.6) is 0 Å². The van der Waals surface area contributed by atoms with Crippen LogP contribution in [-0.4, -0.2) is 57.3 Å². The van der Waals surface area contributed by atoms with Gasteiger partial charge in [0.15, 0.2) is 5.69 Å². The van der Waals surface area contributed by atoms with Gasteiger partial charge in [0.05, 0.1) is 10.6 Å².